The number of urea groups is 1. The second kappa shape index (κ2) is 9.02. The quantitative estimate of drug-likeness (QED) is 0.410. The number of rotatable bonds is 5. The molecule has 1 aromatic heterocycles. The average Bonchev–Trinajstić information content (AvgIpc) is 3.23. The highest BCUT2D eigenvalue weighted by Crippen LogP contribution is 2.26. The van der Waals surface area contributed by atoms with Gasteiger partial charge >= 0.3 is 6.03 Å². The minimum atomic E-state index is -0.645. The number of aryl methyl sites for hydroxylation is 2. The molecular weight excluding hydrogens is 412 g/mol. The average molecular weight is 433 g/mol. The lowest BCUT2D eigenvalue weighted by Crippen LogP contribution is -2.33. The molecule has 0 aliphatic heterocycles. The first-order valence-electron chi connectivity index (χ1n) is 9.78. The van der Waals surface area contributed by atoms with Gasteiger partial charge in [0, 0.05) is 16.3 Å². The highest BCUT2D eigenvalue weighted by atomic mass is 35.5. The minimum Gasteiger partial charge on any atom is -0.418 e. The van der Waals surface area contributed by atoms with Gasteiger partial charge in [-0.3, -0.25) is 0 Å². The first kappa shape index (κ1) is 20.6. The van der Waals surface area contributed by atoms with Crippen LogP contribution >= 0.6 is 11.6 Å². The fourth-order valence-electron chi connectivity index (χ4n) is 3.34. The van der Waals surface area contributed by atoms with Crippen molar-refractivity contribution < 1.29 is 9.21 Å². The maximum absolute atomic E-state index is 12.8. The summed E-state index contributed by atoms with van der Waals surface area (Å²) in [6.07, 6.45) is 0. The standard InChI is InChI=1S/C24H21ClN4O2/c1-15-12-16(2)14-20(13-15)26-24(30)27-21(17-8-10-19(25)11-9-17)23-29-28-22(31-23)18-6-4-3-5-7-18/h3-14,21H,1-2H3,(H2,26,27,30)/t21-/m0/s1. The Balaban J connectivity index is 1.61. The number of amides is 2. The molecule has 31 heavy (non-hydrogen) atoms. The third kappa shape index (κ3) is 5.10. The molecule has 4 aromatic rings. The number of hydrogen-bond acceptors (Lipinski definition) is 4. The molecule has 156 valence electrons. The topological polar surface area (TPSA) is 80.0 Å². The van der Waals surface area contributed by atoms with Gasteiger partial charge in [-0.25, -0.2) is 4.79 Å². The number of nitrogens with zero attached hydrogens (tertiary/aromatic N) is 2. The van der Waals surface area contributed by atoms with Crippen LogP contribution < -0.4 is 10.6 Å². The Hall–Kier alpha value is -3.64. The van der Waals surface area contributed by atoms with Crippen LogP contribution in [0.15, 0.2) is 77.2 Å². The number of carbonyl (C=O) groups is 1. The van der Waals surface area contributed by atoms with Crippen molar-refractivity contribution in [2.75, 3.05) is 5.32 Å². The van der Waals surface area contributed by atoms with Crippen LogP contribution in [0.1, 0.15) is 28.6 Å². The molecule has 7 heteroatoms. The van der Waals surface area contributed by atoms with Crippen LogP contribution in [-0.4, -0.2) is 16.2 Å². The van der Waals surface area contributed by atoms with E-state index in [-0.39, 0.29) is 11.9 Å². The summed E-state index contributed by atoms with van der Waals surface area (Å²) in [5.74, 6) is 0.655. The molecule has 0 saturated heterocycles. The van der Waals surface area contributed by atoms with E-state index in [0.717, 1.165) is 22.3 Å². The van der Waals surface area contributed by atoms with Crippen LogP contribution in [0.4, 0.5) is 10.5 Å². The largest absolute Gasteiger partial charge is 0.418 e. The van der Waals surface area contributed by atoms with Crippen molar-refractivity contribution >= 4 is 23.3 Å². The van der Waals surface area contributed by atoms with Gasteiger partial charge in [-0.15, -0.1) is 10.2 Å². The Morgan fingerprint density at radius 1 is 0.935 bits per heavy atom. The molecule has 2 N–H and O–H groups in total. The zero-order valence-corrected chi connectivity index (χ0v) is 17.9. The van der Waals surface area contributed by atoms with Crippen LogP contribution in [-0.2, 0) is 0 Å². The molecule has 2 amide bonds. The van der Waals surface area contributed by atoms with E-state index in [4.69, 9.17) is 16.0 Å². The van der Waals surface area contributed by atoms with Crippen molar-refractivity contribution in [3.05, 3.63) is 100 Å². The zero-order valence-electron chi connectivity index (χ0n) is 17.1. The second-order valence-corrected chi connectivity index (χ2v) is 7.71. The first-order chi connectivity index (χ1) is 15.0. The summed E-state index contributed by atoms with van der Waals surface area (Å²) in [7, 11) is 0. The predicted octanol–water partition coefficient (Wildman–Crippen LogP) is 5.92. The van der Waals surface area contributed by atoms with Gasteiger partial charge in [0.25, 0.3) is 0 Å². The van der Waals surface area contributed by atoms with E-state index >= 15 is 0 Å². The molecule has 0 aliphatic rings. The molecule has 0 unspecified atom stereocenters. The molecule has 0 fully saturated rings. The summed E-state index contributed by atoms with van der Waals surface area (Å²) in [5, 5.41) is 14.7. The van der Waals surface area contributed by atoms with Gasteiger partial charge in [0.05, 0.1) is 0 Å². The summed E-state index contributed by atoms with van der Waals surface area (Å²) in [6.45, 7) is 3.96. The van der Waals surface area contributed by atoms with Crippen LogP contribution in [0.5, 0.6) is 0 Å². The highest BCUT2D eigenvalue weighted by Gasteiger charge is 2.23. The third-order valence-electron chi connectivity index (χ3n) is 4.67. The second-order valence-electron chi connectivity index (χ2n) is 7.27. The van der Waals surface area contributed by atoms with E-state index in [9.17, 15) is 4.79 Å². The molecule has 1 heterocycles. The summed E-state index contributed by atoms with van der Waals surface area (Å²) in [6, 6.07) is 21.4. The third-order valence-corrected chi connectivity index (χ3v) is 4.92. The molecule has 4 rings (SSSR count). The fourth-order valence-corrected chi connectivity index (χ4v) is 3.46. The monoisotopic (exact) mass is 432 g/mol. The van der Waals surface area contributed by atoms with Gasteiger partial charge in [0.15, 0.2) is 0 Å². The summed E-state index contributed by atoms with van der Waals surface area (Å²) < 4.78 is 5.91. The van der Waals surface area contributed by atoms with E-state index in [1.54, 1.807) is 12.1 Å². The van der Waals surface area contributed by atoms with Gasteiger partial charge < -0.3 is 15.1 Å². The van der Waals surface area contributed by atoms with Gasteiger partial charge in [0.2, 0.25) is 11.8 Å². The Labute approximate surface area is 185 Å². The van der Waals surface area contributed by atoms with Crippen molar-refractivity contribution in [3.63, 3.8) is 0 Å². The SMILES string of the molecule is Cc1cc(C)cc(NC(=O)N[C@@H](c2ccc(Cl)cc2)c2nnc(-c3ccccc3)o2)c1. The van der Waals surface area contributed by atoms with Crippen molar-refractivity contribution in [2.45, 2.75) is 19.9 Å². The van der Waals surface area contributed by atoms with Crippen LogP contribution in [0.2, 0.25) is 5.02 Å². The number of carbonyl (C=O) groups excluding carboxylic acids is 1. The van der Waals surface area contributed by atoms with E-state index in [0.29, 0.717) is 16.6 Å². The Kier molecular flexibility index (Phi) is 6.00. The van der Waals surface area contributed by atoms with E-state index in [2.05, 4.69) is 20.8 Å². The lowest BCUT2D eigenvalue weighted by Gasteiger charge is -2.17. The smallest absolute Gasteiger partial charge is 0.320 e. The molecule has 0 saturated carbocycles. The van der Waals surface area contributed by atoms with Crippen molar-refractivity contribution in [1.82, 2.24) is 15.5 Å². The van der Waals surface area contributed by atoms with Gasteiger partial charge in [-0.1, -0.05) is 48.0 Å². The number of aromatic nitrogens is 2. The number of benzene rings is 3. The number of hydrogen-bond donors (Lipinski definition) is 2. The number of nitrogens with one attached hydrogen (secondary N) is 2. The number of anilines is 1. The fraction of sp³-hybridized carbons (Fsp3) is 0.125. The normalized spacial score (nSPS) is 11.7. The van der Waals surface area contributed by atoms with Crippen LogP contribution in [0, 0.1) is 13.8 Å². The Bertz CT molecular complexity index is 1170. The Morgan fingerprint density at radius 3 is 2.29 bits per heavy atom. The maximum Gasteiger partial charge on any atom is 0.320 e. The van der Waals surface area contributed by atoms with E-state index < -0.39 is 6.04 Å². The molecule has 0 radical (unpaired) electrons. The molecule has 3 aromatic carbocycles. The minimum absolute atomic E-state index is 0.275. The maximum atomic E-state index is 12.8. The van der Waals surface area contributed by atoms with E-state index in [1.165, 1.54) is 0 Å². The lowest BCUT2D eigenvalue weighted by atomic mass is 10.1. The summed E-state index contributed by atoms with van der Waals surface area (Å²) in [4.78, 5) is 12.8. The Morgan fingerprint density at radius 2 is 1.61 bits per heavy atom. The van der Waals surface area contributed by atoms with Gasteiger partial charge in [-0.2, -0.15) is 0 Å². The van der Waals surface area contributed by atoms with Crippen molar-refractivity contribution in [2.24, 2.45) is 0 Å². The van der Waals surface area contributed by atoms with Crippen LogP contribution in [0.3, 0.4) is 0 Å². The van der Waals surface area contributed by atoms with E-state index in [1.807, 2.05) is 74.5 Å². The summed E-state index contributed by atoms with van der Waals surface area (Å²) in [5.41, 5.74) is 4.40. The van der Waals surface area contributed by atoms with Crippen molar-refractivity contribution in [3.8, 4) is 11.5 Å². The highest BCUT2D eigenvalue weighted by molar-refractivity contribution is 6.30. The van der Waals surface area contributed by atoms with Gasteiger partial charge in [-0.05, 0) is 66.9 Å². The van der Waals surface area contributed by atoms with Crippen molar-refractivity contribution in [1.29, 1.82) is 0 Å². The first-order valence-corrected chi connectivity index (χ1v) is 10.2. The van der Waals surface area contributed by atoms with Crippen LogP contribution in [0.25, 0.3) is 11.5 Å². The predicted molar refractivity (Wildman–Crippen MR) is 121 cm³/mol. The summed E-state index contributed by atoms with van der Waals surface area (Å²) >= 11 is 6.04. The van der Waals surface area contributed by atoms with Gasteiger partial charge in [0.1, 0.15) is 6.04 Å². The molecule has 0 aliphatic carbocycles. The molecule has 6 nitrogen and oxygen atoms in total. The molecule has 1 atom stereocenters. The zero-order chi connectivity index (χ0) is 21.8. The molecular formula is C24H21ClN4O2. The molecule has 0 bridgehead atoms. The lowest BCUT2D eigenvalue weighted by molar-refractivity contribution is 0.248. The number of halogens is 1. The molecule has 0 spiro atoms.